The minimum Gasteiger partial charge on any atom is -0.350 e. The number of benzene rings is 3. The van der Waals surface area contributed by atoms with Crippen LogP contribution in [0.5, 0.6) is 0 Å². The lowest BCUT2D eigenvalue weighted by atomic mass is 10.2. The largest absolute Gasteiger partial charge is 0.350 e. The first-order valence-electron chi connectivity index (χ1n) is 8.95. The van der Waals surface area contributed by atoms with Crippen molar-refractivity contribution in [3.63, 3.8) is 0 Å². The van der Waals surface area contributed by atoms with Crippen molar-refractivity contribution in [2.45, 2.75) is 16.7 Å². The molecule has 0 atom stereocenters. The molecule has 0 unspecified atom stereocenters. The van der Waals surface area contributed by atoms with Crippen molar-refractivity contribution in [2.75, 3.05) is 16.5 Å². The summed E-state index contributed by atoms with van der Waals surface area (Å²) in [7, 11) is 0. The molecule has 3 aromatic carbocycles. The van der Waals surface area contributed by atoms with Crippen LogP contribution in [0.2, 0.25) is 0 Å². The average Bonchev–Trinajstić information content (AvgIpc) is 2.72. The fourth-order valence-corrected chi connectivity index (χ4v) is 4.28. The molecule has 28 heavy (non-hydrogen) atoms. The van der Waals surface area contributed by atoms with Crippen LogP contribution in [0.4, 0.5) is 21.9 Å². The Morgan fingerprint density at radius 2 is 1.46 bits per heavy atom. The van der Waals surface area contributed by atoms with Crippen molar-refractivity contribution in [3.05, 3.63) is 78.9 Å². The van der Waals surface area contributed by atoms with Crippen molar-refractivity contribution in [2.24, 2.45) is 10.8 Å². The van der Waals surface area contributed by atoms with Crippen molar-refractivity contribution in [1.29, 1.82) is 0 Å². The SMILES string of the molecule is CC(CN1c2ccccc2Sc2ccccc21)=NN(C(N)=O)c1ccccc1. The Morgan fingerprint density at radius 1 is 0.929 bits per heavy atom. The molecule has 0 fully saturated rings. The molecule has 0 saturated heterocycles. The summed E-state index contributed by atoms with van der Waals surface area (Å²) in [6.45, 7) is 2.46. The number of primary amides is 1. The second kappa shape index (κ2) is 7.78. The van der Waals surface area contributed by atoms with E-state index in [9.17, 15) is 4.79 Å². The van der Waals surface area contributed by atoms with E-state index >= 15 is 0 Å². The molecule has 0 radical (unpaired) electrons. The number of amides is 2. The Labute approximate surface area is 168 Å². The molecular formula is C22H20N4OS. The zero-order valence-electron chi connectivity index (χ0n) is 15.4. The normalized spacial score (nSPS) is 12.9. The summed E-state index contributed by atoms with van der Waals surface area (Å²) in [5.41, 5.74) is 9.25. The van der Waals surface area contributed by atoms with E-state index in [1.54, 1.807) is 11.8 Å². The summed E-state index contributed by atoms with van der Waals surface area (Å²) in [5, 5.41) is 5.76. The molecule has 0 saturated carbocycles. The van der Waals surface area contributed by atoms with Gasteiger partial charge in [-0.05, 0) is 43.3 Å². The topological polar surface area (TPSA) is 61.9 Å². The fraction of sp³-hybridized carbons (Fsp3) is 0.0909. The van der Waals surface area contributed by atoms with Crippen molar-refractivity contribution < 1.29 is 4.79 Å². The van der Waals surface area contributed by atoms with Crippen LogP contribution in [-0.2, 0) is 0 Å². The Morgan fingerprint density at radius 3 is 2.04 bits per heavy atom. The number of para-hydroxylation sites is 3. The second-order valence-corrected chi connectivity index (χ2v) is 7.53. The number of rotatable bonds is 4. The van der Waals surface area contributed by atoms with E-state index < -0.39 is 6.03 Å². The number of anilines is 3. The number of nitrogens with zero attached hydrogens (tertiary/aromatic N) is 3. The number of hydrazone groups is 1. The van der Waals surface area contributed by atoms with E-state index in [1.165, 1.54) is 14.8 Å². The molecule has 0 aliphatic carbocycles. The highest BCUT2D eigenvalue weighted by Crippen LogP contribution is 2.47. The number of hydrogen-bond acceptors (Lipinski definition) is 4. The first-order valence-corrected chi connectivity index (χ1v) is 9.77. The quantitative estimate of drug-likeness (QED) is 0.490. The number of nitrogens with two attached hydrogens (primary N) is 1. The van der Waals surface area contributed by atoms with E-state index in [0.717, 1.165) is 17.1 Å². The van der Waals surface area contributed by atoms with Crippen molar-refractivity contribution in [3.8, 4) is 0 Å². The Kier molecular flexibility index (Phi) is 5.04. The van der Waals surface area contributed by atoms with Gasteiger partial charge >= 0.3 is 6.03 Å². The third-order valence-corrected chi connectivity index (χ3v) is 5.53. The predicted octanol–water partition coefficient (Wildman–Crippen LogP) is 5.25. The molecular weight excluding hydrogens is 368 g/mol. The van der Waals surface area contributed by atoms with Crippen LogP contribution in [0.1, 0.15) is 6.92 Å². The monoisotopic (exact) mass is 388 g/mol. The summed E-state index contributed by atoms with van der Waals surface area (Å²) >= 11 is 1.76. The summed E-state index contributed by atoms with van der Waals surface area (Å²) in [5.74, 6) is 0. The van der Waals surface area contributed by atoms with Gasteiger partial charge in [0.1, 0.15) is 0 Å². The summed E-state index contributed by atoms with van der Waals surface area (Å²) < 4.78 is 0. The zero-order chi connectivity index (χ0) is 19.5. The fourth-order valence-electron chi connectivity index (χ4n) is 3.19. The van der Waals surface area contributed by atoms with Crippen molar-refractivity contribution in [1.82, 2.24) is 0 Å². The van der Waals surface area contributed by atoms with Crippen LogP contribution in [0.15, 0.2) is 93.8 Å². The van der Waals surface area contributed by atoms with E-state index in [2.05, 4.69) is 34.3 Å². The van der Waals surface area contributed by atoms with Gasteiger partial charge in [-0.15, -0.1) is 0 Å². The average molecular weight is 388 g/mol. The van der Waals surface area contributed by atoms with Crippen molar-refractivity contribution >= 4 is 40.6 Å². The Hall–Kier alpha value is -3.25. The molecule has 140 valence electrons. The molecule has 6 heteroatoms. The molecule has 0 bridgehead atoms. The summed E-state index contributed by atoms with van der Waals surface area (Å²) in [6.07, 6.45) is 0. The first kappa shape index (κ1) is 18.1. The molecule has 0 aromatic heterocycles. The van der Waals surface area contributed by atoms with Gasteiger partial charge in [0.2, 0.25) is 0 Å². The van der Waals surface area contributed by atoms with Gasteiger partial charge in [0, 0.05) is 9.79 Å². The number of fused-ring (bicyclic) bond motifs is 2. The highest BCUT2D eigenvalue weighted by molar-refractivity contribution is 7.99. The van der Waals surface area contributed by atoms with Crippen LogP contribution < -0.4 is 15.6 Å². The molecule has 1 aliphatic rings. The Bertz CT molecular complexity index is 990. The van der Waals surface area contributed by atoms with Gasteiger partial charge in [0.05, 0.1) is 29.3 Å². The third kappa shape index (κ3) is 3.59. The Balaban J connectivity index is 1.68. The number of urea groups is 1. The van der Waals surface area contributed by atoms with Gasteiger partial charge in [-0.3, -0.25) is 0 Å². The molecule has 1 aliphatic heterocycles. The molecule has 3 aromatic rings. The highest BCUT2D eigenvalue weighted by atomic mass is 32.2. The second-order valence-electron chi connectivity index (χ2n) is 6.44. The molecule has 1 heterocycles. The van der Waals surface area contributed by atoms with Crippen LogP contribution in [0.3, 0.4) is 0 Å². The van der Waals surface area contributed by atoms with Gasteiger partial charge in [-0.2, -0.15) is 10.1 Å². The highest BCUT2D eigenvalue weighted by Gasteiger charge is 2.23. The molecule has 4 rings (SSSR count). The van der Waals surface area contributed by atoms with Crippen LogP contribution in [-0.4, -0.2) is 18.3 Å². The third-order valence-electron chi connectivity index (χ3n) is 4.40. The lowest BCUT2D eigenvalue weighted by Gasteiger charge is -2.32. The van der Waals surface area contributed by atoms with E-state index in [-0.39, 0.29) is 0 Å². The molecule has 2 amide bonds. The maximum atomic E-state index is 11.9. The van der Waals surface area contributed by atoms with Gasteiger partial charge in [-0.25, -0.2) is 4.79 Å². The molecule has 2 N–H and O–H groups in total. The van der Waals surface area contributed by atoms with E-state index in [4.69, 9.17) is 5.73 Å². The predicted molar refractivity (Wildman–Crippen MR) is 116 cm³/mol. The van der Waals surface area contributed by atoms with Crippen LogP contribution in [0.25, 0.3) is 0 Å². The number of hydrogen-bond donors (Lipinski definition) is 1. The summed E-state index contributed by atoms with van der Waals surface area (Å²) in [4.78, 5) is 16.6. The van der Waals surface area contributed by atoms with Gasteiger partial charge in [0.25, 0.3) is 0 Å². The van der Waals surface area contributed by atoms with Crippen LogP contribution in [0, 0.1) is 0 Å². The molecule has 5 nitrogen and oxygen atoms in total. The van der Waals surface area contributed by atoms with Gasteiger partial charge in [-0.1, -0.05) is 54.2 Å². The number of carbonyl (C=O) groups is 1. The number of carbonyl (C=O) groups excluding carboxylic acids is 1. The smallest absolute Gasteiger partial charge is 0.339 e. The van der Waals surface area contributed by atoms with Gasteiger partial charge < -0.3 is 10.6 Å². The van der Waals surface area contributed by atoms with E-state index in [1.807, 2.05) is 61.5 Å². The minimum atomic E-state index is -0.611. The minimum absolute atomic E-state index is 0.547. The lowest BCUT2D eigenvalue weighted by molar-refractivity contribution is 0.254. The van der Waals surface area contributed by atoms with Crippen LogP contribution >= 0.6 is 11.8 Å². The molecule has 0 spiro atoms. The maximum absolute atomic E-state index is 11.9. The maximum Gasteiger partial charge on any atom is 0.339 e. The standard InChI is InChI=1S/C22H20N4OS/c1-16(24-26(22(23)27)17-9-3-2-4-10-17)15-25-18-11-5-7-13-20(18)28-21-14-8-6-12-19(21)25/h2-14H,15H2,1H3,(H2,23,27). The zero-order valence-corrected chi connectivity index (χ0v) is 16.3. The lowest BCUT2D eigenvalue weighted by Crippen LogP contribution is -2.34. The summed E-state index contributed by atoms with van der Waals surface area (Å²) in [6, 6.07) is 25.2. The first-order chi connectivity index (χ1) is 13.6. The van der Waals surface area contributed by atoms with E-state index in [0.29, 0.717) is 12.2 Å². The van der Waals surface area contributed by atoms with Gasteiger partial charge in [0.15, 0.2) is 0 Å².